The molecule has 0 bridgehead atoms. The van der Waals surface area contributed by atoms with Crippen molar-refractivity contribution in [2.24, 2.45) is 0 Å². The van der Waals surface area contributed by atoms with Crippen LogP contribution in [0.5, 0.6) is 0 Å². The molecule has 0 unspecified atom stereocenters. The third kappa shape index (κ3) is 4.75. The lowest BCUT2D eigenvalue weighted by molar-refractivity contribution is -0.167. The molecule has 0 radical (unpaired) electrons. The standard InChI is InChI=1S/C22H27N3O3/c1-16(2)25-19(26)15-28-21(20(25)18-10-4-3-5-11-18)22(27)24-13-7-9-17-8-6-12-23-14-17/h3-6,8,10-12,14,16,20-21H,7,9,13,15H2,1-2H3,(H,24,27)/t20-,21+/m1/s1. The van der Waals surface area contributed by atoms with E-state index in [1.807, 2.05) is 62.5 Å². The lowest BCUT2D eigenvalue weighted by Gasteiger charge is -2.42. The van der Waals surface area contributed by atoms with E-state index in [1.165, 1.54) is 0 Å². The fraction of sp³-hybridized carbons (Fsp3) is 0.409. The van der Waals surface area contributed by atoms with Crippen LogP contribution in [0.2, 0.25) is 0 Å². The van der Waals surface area contributed by atoms with Crippen molar-refractivity contribution < 1.29 is 14.3 Å². The monoisotopic (exact) mass is 381 g/mol. The molecule has 2 atom stereocenters. The third-order valence-electron chi connectivity index (χ3n) is 4.88. The van der Waals surface area contributed by atoms with Crippen LogP contribution in [-0.4, -0.2) is 47.0 Å². The number of carbonyl (C=O) groups is 2. The van der Waals surface area contributed by atoms with Gasteiger partial charge in [0.2, 0.25) is 5.91 Å². The van der Waals surface area contributed by atoms with Gasteiger partial charge in [-0.1, -0.05) is 36.4 Å². The maximum atomic E-state index is 12.9. The number of morpholine rings is 1. The predicted octanol–water partition coefficient (Wildman–Crippen LogP) is 2.51. The van der Waals surface area contributed by atoms with Crippen LogP contribution in [0.25, 0.3) is 0 Å². The molecule has 2 heterocycles. The molecule has 1 fully saturated rings. The van der Waals surface area contributed by atoms with Gasteiger partial charge in [-0.3, -0.25) is 14.6 Å². The number of aryl methyl sites for hydroxylation is 1. The SMILES string of the molecule is CC(C)N1C(=O)CO[C@H](C(=O)NCCCc2cccnc2)[C@H]1c1ccccc1. The van der Waals surface area contributed by atoms with E-state index in [4.69, 9.17) is 4.74 Å². The molecule has 1 N–H and O–H groups in total. The number of nitrogens with zero attached hydrogens (tertiary/aromatic N) is 2. The average Bonchev–Trinajstić information content (AvgIpc) is 2.72. The molecule has 2 aromatic rings. The Morgan fingerprint density at radius 3 is 2.71 bits per heavy atom. The Morgan fingerprint density at radius 2 is 2.04 bits per heavy atom. The Balaban J connectivity index is 1.67. The second kappa shape index (κ2) is 9.46. The van der Waals surface area contributed by atoms with Crippen molar-refractivity contribution >= 4 is 11.8 Å². The van der Waals surface area contributed by atoms with E-state index in [9.17, 15) is 9.59 Å². The molecule has 2 amide bonds. The first-order valence-electron chi connectivity index (χ1n) is 9.72. The highest BCUT2D eigenvalue weighted by molar-refractivity contribution is 5.86. The Bertz CT molecular complexity index is 780. The van der Waals surface area contributed by atoms with E-state index in [2.05, 4.69) is 10.3 Å². The van der Waals surface area contributed by atoms with Crippen LogP contribution in [0.15, 0.2) is 54.9 Å². The molecule has 1 aromatic heterocycles. The Labute approximate surface area is 165 Å². The summed E-state index contributed by atoms with van der Waals surface area (Å²) in [6.07, 6.45) is 4.52. The number of ether oxygens (including phenoxy) is 1. The van der Waals surface area contributed by atoms with Crippen molar-refractivity contribution in [3.63, 3.8) is 0 Å². The maximum Gasteiger partial charge on any atom is 0.251 e. The van der Waals surface area contributed by atoms with E-state index in [-0.39, 0.29) is 24.5 Å². The van der Waals surface area contributed by atoms with Gasteiger partial charge < -0.3 is 15.0 Å². The van der Waals surface area contributed by atoms with Crippen molar-refractivity contribution in [2.45, 2.75) is 44.9 Å². The van der Waals surface area contributed by atoms with Crippen LogP contribution < -0.4 is 5.32 Å². The van der Waals surface area contributed by atoms with Crippen LogP contribution in [0.1, 0.15) is 37.4 Å². The lowest BCUT2D eigenvalue weighted by atomic mass is 9.95. The smallest absolute Gasteiger partial charge is 0.251 e. The molecule has 1 aliphatic heterocycles. The summed E-state index contributed by atoms with van der Waals surface area (Å²) in [5.41, 5.74) is 2.05. The van der Waals surface area contributed by atoms with Gasteiger partial charge in [0.15, 0.2) is 6.10 Å². The molecule has 1 aliphatic rings. The molecular weight excluding hydrogens is 354 g/mol. The van der Waals surface area contributed by atoms with Crippen LogP contribution in [0.4, 0.5) is 0 Å². The van der Waals surface area contributed by atoms with Crippen molar-refractivity contribution in [3.8, 4) is 0 Å². The molecule has 6 heteroatoms. The number of pyridine rings is 1. The zero-order valence-corrected chi connectivity index (χ0v) is 16.4. The number of nitrogens with one attached hydrogen (secondary N) is 1. The number of benzene rings is 1. The zero-order chi connectivity index (χ0) is 19.9. The maximum absolute atomic E-state index is 12.9. The van der Waals surface area contributed by atoms with E-state index in [1.54, 1.807) is 11.1 Å². The highest BCUT2D eigenvalue weighted by Gasteiger charge is 2.42. The molecule has 0 spiro atoms. The third-order valence-corrected chi connectivity index (χ3v) is 4.88. The van der Waals surface area contributed by atoms with Gasteiger partial charge in [-0.05, 0) is 43.9 Å². The second-order valence-corrected chi connectivity index (χ2v) is 7.24. The van der Waals surface area contributed by atoms with E-state index >= 15 is 0 Å². The minimum atomic E-state index is -0.721. The largest absolute Gasteiger partial charge is 0.356 e. The molecule has 0 saturated carbocycles. The molecule has 0 aliphatic carbocycles. The summed E-state index contributed by atoms with van der Waals surface area (Å²) < 4.78 is 5.70. The highest BCUT2D eigenvalue weighted by Crippen LogP contribution is 2.32. The molecular formula is C22H27N3O3. The normalized spacial score (nSPS) is 19.7. The molecule has 6 nitrogen and oxygen atoms in total. The number of hydrogen-bond acceptors (Lipinski definition) is 4. The number of hydrogen-bond donors (Lipinski definition) is 1. The summed E-state index contributed by atoms with van der Waals surface area (Å²) in [4.78, 5) is 31.2. The van der Waals surface area contributed by atoms with Crippen LogP contribution in [0.3, 0.4) is 0 Å². The van der Waals surface area contributed by atoms with Crippen molar-refractivity contribution in [1.82, 2.24) is 15.2 Å². The van der Waals surface area contributed by atoms with Crippen LogP contribution in [-0.2, 0) is 20.7 Å². The van der Waals surface area contributed by atoms with Crippen LogP contribution >= 0.6 is 0 Å². The quantitative estimate of drug-likeness (QED) is 0.748. The Kier molecular flexibility index (Phi) is 6.76. The van der Waals surface area contributed by atoms with Gasteiger partial charge in [0.25, 0.3) is 5.91 Å². The first-order valence-corrected chi connectivity index (χ1v) is 9.72. The van der Waals surface area contributed by atoms with Gasteiger partial charge >= 0.3 is 0 Å². The molecule has 3 rings (SSSR count). The second-order valence-electron chi connectivity index (χ2n) is 7.24. The van der Waals surface area contributed by atoms with E-state index in [0.29, 0.717) is 6.54 Å². The van der Waals surface area contributed by atoms with Gasteiger partial charge in [-0.15, -0.1) is 0 Å². The first-order chi connectivity index (χ1) is 13.6. The average molecular weight is 381 g/mol. The summed E-state index contributed by atoms with van der Waals surface area (Å²) >= 11 is 0. The van der Waals surface area contributed by atoms with Gasteiger partial charge in [0.1, 0.15) is 6.61 Å². The van der Waals surface area contributed by atoms with E-state index in [0.717, 1.165) is 24.0 Å². The fourth-order valence-corrected chi connectivity index (χ4v) is 3.59. The fourth-order valence-electron chi connectivity index (χ4n) is 3.59. The number of aromatic nitrogens is 1. The summed E-state index contributed by atoms with van der Waals surface area (Å²) in [6, 6.07) is 13.1. The predicted molar refractivity (Wildman–Crippen MR) is 106 cm³/mol. The minimum absolute atomic E-state index is 0.0255. The topological polar surface area (TPSA) is 71.5 Å². The van der Waals surface area contributed by atoms with Gasteiger partial charge in [-0.2, -0.15) is 0 Å². The number of carbonyl (C=O) groups excluding carboxylic acids is 2. The number of amides is 2. The van der Waals surface area contributed by atoms with Crippen LogP contribution in [0, 0.1) is 0 Å². The van der Waals surface area contributed by atoms with Gasteiger partial charge in [0, 0.05) is 25.0 Å². The van der Waals surface area contributed by atoms with Gasteiger partial charge in [-0.25, -0.2) is 0 Å². The summed E-state index contributed by atoms with van der Waals surface area (Å²) in [5, 5.41) is 2.97. The Morgan fingerprint density at radius 1 is 1.25 bits per heavy atom. The van der Waals surface area contributed by atoms with Crippen molar-refractivity contribution in [2.75, 3.05) is 13.2 Å². The molecule has 1 aromatic carbocycles. The van der Waals surface area contributed by atoms with E-state index < -0.39 is 12.1 Å². The molecule has 1 saturated heterocycles. The zero-order valence-electron chi connectivity index (χ0n) is 16.4. The van der Waals surface area contributed by atoms with Crippen molar-refractivity contribution in [3.05, 3.63) is 66.0 Å². The van der Waals surface area contributed by atoms with Gasteiger partial charge in [0.05, 0.1) is 6.04 Å². The number of rotatable bonds is 7. The Hall–Kier alpha value is -2.73. The summed E-state index contributed by atoms with van der Waals surface area (Å²) in [7, 11) is 0. The summed E-state index contributed by atoms with van der Waals surface area (Å²) in [5.74, 6) is -0.275. The first kappa shape index (κ1) is 20.0. The lowest BCUT2D eigenvalue weighted by Crippen LogP contribution is -2.56. The van der Waals surface area contributed by atoms with Crippen molar-refractivity contribution in [1.29, 1.82) is 0 Å². The minimum Gasteiger partial charge on any atom is -0.356 e. The highest BCUT2D eigenvalue weighted by atomic mass is 16.5. The summed E-state index contributed by atoms with van der Waals surface area (Å²) in [6.45, 7) is 4.39. The molecule has 148 valence electrons. The molecule has 28 heavy (non-hydrogen) atoms.